The first-order valence-corrected chi connectivity index (χ1v) is 12.1. The van der Waals surface area contributed by atoms with Crippen LogP contribution in [0.3, 0.4) is 0 Å². The van der Waals surface area contributed by atoms with Gasteiger partial charge in [0.05, 0.1) is 31.0 Å². The lowest BCUT2D eigenvalue weighted by Gasteiger charge is -2.20. The molecule has 2 fully saturated rings. The number of fused-ring (bicyclic) bond motifs is 1. The van der Waals surface area contributed by atoms with Crippen molar-refractivity contribution in [1.29, 1.82) is 0 Å². The molecule has 4 heterocycles. The summed E-state index contributed by atoms with van der Waals surface area (Å²) in [6, 6.07) is 0.828. The number of nitrogens with one attached hydrogen (secondary N) is 1. The van der Waals surface area contributed by atoms with E-state index in [9.17, 15) is 35.9 Å². The van der Waals surface area contributed by atoms with E-state index in [2.05, 4.69) is 20.4 Å². The molecule has 5 rings (SSSR count). The van der Waals surface area contributed by atoms with Crippen molar-refractivity contribution in [2.24, 2.45) is 5.92 Å². The molecule has 2 unspecified atom stereocenters. The Balaban J connectivity index is 1.40. The summed E-state index contributed by atoms with van der Waals surface area (Å²) in [5.74, 6) is -5.94. The van der Waals surface area contributed by atoms with E-state index in [0.717, 1.165) is 21.8 Å². The lowest BCUT2D eigenvalue weighted by molar-refractivity contribution is -0.136. The number of hydrogen-bond donors (Lipinski definition) is 2. The van der Waals surface area contributed by atoms with Crippen LogP contribution in [-0.4, -0.2) is 74.6 Å². The number of alkyl halides is 6. The minimum absolute atomic E-state index is 0.00693. The number of carbonyl (C=O) groups excluding carboxylic acids is 2. The molecule has 0 radical (unpaired) electrons. The number of anilines is 1. The van der Waals surface area contributed by atoms with E-state index < -0.39 is 71.8 Å². The first-order chi connectivity index (χ1) is 18.8. The Labute approximate surface area is 222 Å². The van der Waals surface area contributed by atoms with Gasteiger partial charge in [-0.15, -0.1) is 0 Å². The van der Waals surface area contributed by atoms with Gasteiger partial charge in [-0.3, -0.25) is 9.59 Å². The number of nitrogens with zero attached hydrogens (tertiary/aromatic N) is 5. The zero-order valence-electron chi connectivity index (χ0n) is 20.9. The van der Waals surface area contributed by atoms with Gasteiger partial charge < -0.3 is 20.7 Å². The molecule has 3 N–H and O–H groups in total. The maximum Gasteiger partial charge on any atom is 0.418 e. The van der Waals surface area contributed by atoms with Gasteiger partial charge in [-0.25, -0.2) is 27.7 Å². The van der Waals surface area contributed by atoms with Gasteiger partial charge in [-0.05, 0) is 18.6 Å². The van der Waals surface area contributed by atoms with Gasteiger partial charge in [-0.2, -0.15) is 18.3 Å². The fourth-order valence-corrected chi connectivity index (χ4v) is 5.15. The summed E-state index contributed by atoms with van der Waals surface area (Å²) >= 11 is 0. The summed E-state index contributed by atoms with van der Waals surface area (Å²) in [5.41, 5.74) is 3.82. The van der Waals surface area contributed by atoms with E-state index in [1.54, 1.807) is 0 Å². The van der Waals surface area contributed by atoms with E-state index >= 15 is 0 Å². The Morgan fingerprint density at radius 3 is 2.60 bits per heavy atom. The monoisotopic (exact) mass is 571 g/mol. The van der Waals surface area contributed by atoms with E-state index in [4.69, 9.17) is 10.5 Å². The average Bonchev–Trinajstić information content (AvgIpc) is 3.58. The van der Waals surface area contributed by atoms with E-state index in [1.807, 2.05) is 0 Å². The number of ether oxygens (including phenoxy) is 1. The second kappa shape index (κ2) is 9.82. The molecule has 10 nitrogen and oxygen atoms in total. The van der Waals surface area contributed by atoms with Crippen molar-refractivity contribution in [2.45, 2.75) is 43.6 Å². The number of pyridine rings is 1. The van der Waals surface area contributed by atoms with Gasteiger partial charge in [-0.1, -0.05) is 0 Å². The molecular formula is C24H23F6N7O3. The molecular weight excluding hydrogens is 548 g/mol. The topological polar surface area (TPSA) is 128 Å². The molecule has 3 aromatic heterocycles. The van der Waals surface area contributed by atoms with Crippen LogP contribution in [0, 0.1) is 5.92 Å². The molecule has 0 spiro atoms. The van der Waals surface area contributed by atoms with Gasteiger partial charge in [0.1, 0.15) is 23.6 Å². The van der Waals surface area contributed by atoms with E-state index in [-0.39, 0.29) is 42.2 Å². The Morgan fingerprint density at radius 2 is 1.95 bits per heavy atom. The number of methoxy groups -OCH3 is 1. The largest absolute Gasteiger partial charge is 0.480 e. The van der Waals surface area contributed by atoms with Crippen molar-refractivity contribution in [3.8, 4) is 17.1 Å². The highest BCUT2D eigenvalue weighted by molar-refractivity contribution is 5.98. The minimum atomic E-state index is -4.79. The first-order valence-electron chi connectivity index (χ1n) is 12.1. The predicted octanol–water partition coefficient (Wildman–Crippen LogP) is 3.12. The molecule has 2 amide bonds. The van der Waals surface area contributed by atoms with E-state index in [0.29, 0.717) is 0 Å². The molecule has 214 valence electrons. The van der Waals surface area contributed by atoms with Crippen molar-refractivity contribution in [3.05, 3.63) is 35.8 Å². The van der Waals surface area contributed by atoms with Crippen LogP contribution in [-0.2, 0) is 11.0 Å². The number of likely N-dealkylation sites (tertiary alicyclic amines) is 1. The molecule has 1 saturated heterocycles. The molecule has 2 aliphatic rings. The van der Waals surface area contributed by atoms with Gasteiger partial charge in [0, 0.05) is 37.1 Å². The molecule has 0 bridgehead atoms. The molecule has 0 aromatic carbocycles. The summed E-state index contributed by atoms with van der Waals surface area (Å²) in [6.07, 6.45) is -5.36. The van der Waals surface area contributed by atoms with Crippen LogP contribution >= 0.6 is 0 Å². The van der Waals surface area contributed by atoms with Crippen LogP contribution in [0.5, 0.6) is 5.88 Å². The Morgan fingerprint density at radius 1 is 1.20 bits per heavy atom. The number of carbonyl (C=O) groups is 2. The zero-order valence-corrected chi connectivity index (χ0v) is 20.9. The standard InChI is InChI=1S/C24H23F6N7O3/c1-40-21-13(20(38)35-16-9-36(8-15(16)25)22(39)11-2-3-23(26,27)6-11)4-12(7-32-21)17-5-14(24(28,29)30)18-19(31)33-10-34-37(17)18/h4-5,7,10-11,15-16H,2-3,6,8-9H2,1H3,(H,35,38)(H2,31,33,34)/t11?,15-,16?/m0/s1. The van der Waals surface area contributed by atoms with E-state index in [1.165, 1.54) is 19.4 Å². The predicted molar refractivity (Wildman–Crippen MR) is 127 cm³/mol. The fourth-order valence-electron chi connectivity index (χ4n) is 5.15. The van der Waals surface area contributed by atoms with Crippen LogP contribution in [0.2, 0.25) is 0 Å². The van der Waals surface area contributed by atoms with Crippen LogP contribution in [0.15, 0.2) is 24.7 Å². The second-order valence-electron chi connectivity index (χ2n) is 9.76. The van der Waals surface area contributed by atoms with Crippen LogP contribution in [0.25, 0.3) is 16.8 Å². The molecule has 3 atom stereocenters. The number of nitrogen functional groups attached to an aromatic ring is 1. The highest BCUT2D eigenvalue weighted by Crippen LogP contribution is 2.41. The number of rotatable bonds is 5. The molecule has 1 saturated carbocycles. The highest BCUT2D eigenvalue weighted by Gasteiger charge is 2.46. The van der Waals surface area contributed by atoms with Crippen LogP contribution in [0.4, 0.5) is 32.2 Å². The highest BCUT2D eigenvalue weighted by atomic mass is 19.4. The number of hydrogen-bond acceptors (Lipinski definition) is 7. The quantitative estimate of drug-likeness (QED) is 0.451. The second-order valence-corrected chi connectivity index (χ2v) is 9.76. The smallest absolute Gasteiger partial charge is 0.418 e. The summed E-state index contributed by atoms with van der Waals surface area (Å²) in [7, 11) is 1.21. The van der Waals surface area contributed by atoms with Gasteiger partial charge in [0.25, 0.3) is 5.91 Å². The van der Waals surface area contributed by atoms with Crippen molar-refractivity contribution in [1.82, 2.24) is 29.8 Å². The maximum absolute atomic E-state index is 14.8. The molecule has 40 heavy (non-hydrogen) atoms. The Kier molecular flexibility index (Phi) is 6.74. The van der Waals surface area contributed by atoms with Crippen LogP contribution < -0.4 is 15.8 Å². The third kappa shape index (κ3) is 4.97. The Hall–Kier alpha value is -4.11. The SMILES string of the molecule is COc1ncc(-c2cc(C(F)(F)F)c3c(N)ncnn23)cc1C(=O)NC1CN(C(=O)C2CCC(F)(F)C2)C[C@@H]1F. The van der Waals surface area contributed by atoms with Gasteiger partial charge in [0.2, 0.25) is 17.7 Å². The van der Waals surface area contributed by atoms with Gasteiger partial charge >= 0.3 is 6.18 Å². The number of aromatic nitrogens is 4. The Bertz CT molecular complexity index is 1480. The van der Waals surface area contributed by atoms with Crippen molar-refractivity contribution >= 4 is 23.1 Å². The molecule has 16 heteroatoms. The summed E-state index contributed by atoms with van der Waals surface area (Å²) < 4.78 is 89.1. The van der Waals surface area contributed by atoms with Crippen molar-refractivity contribution in [3.63, 3.8) is 0 Å². The van der Waals surface area contributed by atoms with Crippen molar-refractivity contribution < 1.29 is 40.7 Å². The third-order valence-electron chi connectivity index (χ3n) is 7.10. The number of amides is 2. The number of halogens is 6. The lowest BCUT2D eigenvalue weighted by Crippen LogP contribution is -2.42. The minimum Gasteiger partial charge on any atom is -0.480 e. The molecule has 1 aliphatic carbocycles. The normalized spacial score (nSPS) is 22.6. The third-order valence-corrected chi connectivity index (χ3v) is 7.10. The number of nitrogens with two attached hydrogens (primary N) is 1. The molecule has 3 aromatic rings. The summed E-state index contributed by atoms with van der Waals surface area (Å²) in [4.78, 5) is 34.6. The lowest BCUT2D eigenvalue weighted by atomic mass is 10.1. The van der Waals surface area contributed by atoms with Gasteiger partial charge in [0.15, 0.2) is 5.82 Å². The fraction of sp³-hybridized carbons (Fsp3) is 0.458. The summed E-state index contributed by atoms with van der Waals surface area (Å²) in [6.45, 7) is -0.615. The zero-order chi connectivity index (χ0) is 29.0. The maximum atomic E-state index is 14.8. The van der Waals surface area contributed by atoms with Crippen LogP contribution in [0.1, 0.15) is 35.2 Å². The average molecular weight is 571 g/mol. The first kappa shape index (κ1) is 27.5. The van der Waals surface area contributed by atoms with Crippen molar-refractivity contribution in [2.75, 3.05) is 25.9 Å². The summed E-state index contributed by atoms with van der Waals surface area (Å²) in [5, 5.41) is 6.32. The molecule has 1 aliphatic heterocycles.